The summed E-state index contributed by atoms with van der Waals surface area (Å²) < 4.78 is 159. The monoisotopic (exact) mass is 455 g/mol. The highest BCUT2D eigenvalue weighted by atomic mass is 19.4. The molecule has 0 bridgehead atoms. The lowest BCUT2D eigenvalue weighted by Crippen LogP contribution is -2.17. The van der Waals surface area contributed by atoms with E-state index in [0.29, 0.717) is 0 Å². The summed E-state index contributed by atoms with van der Waals surface area (Å²) in [6.45, 7) is 0. The zero-order chi connectivity index (χ0) is 23.0. The Kier molecular flexibility index (Phi) is 4.46. The lowest BCUT2D eigenvalue weighted by atomic mass is 9.96. The molecule has 3 rings (SSSR count). The summed E-state index contributed by atoms with van der Waals surface area (Å²) in [5.74, 6) is -1.52. The van der Waals surface area contributed by atoms with Crippen molar-refractivity contribution in [2.75, 3.05) is 0 Å². The maximum atomic E-state index is 13.5. The van der Waals surface area contributed by atoms with Crippen molar-refractivity contribution >= 4 is 21.8 Å². The molecule has 0 saturated carbocycles. The first-order valence-corrected chi connectivity index (χ1v) is 7.47. The molecule has 3 aromatic rings. The third-order valence-electron chi connectivity index (χ3n) is 4.19. The number of H-pyrrole nitrogens is 1. The molecule has 0 aliphatic heterocycles. The predicted molar refractivity (Wildman–Crippen MR) is 77.5 cm³/mol. The van der Waals surface area contributed by atoms with Crippen molar-refractivity contribution in [2.24, 2.45) is 0 Å². The molecule has 0 aliphatic rings. The minimum absolute atomic E-state index is 0.141. The molecule has 30 heavy (non-hydrogen) atoms. The maximum absolute atomic E-state index is 13.5. The van der Waals surface area contributed by atoms with E-state index in [2.05, 4.69) is 0 Å². The fraction of sp³-hybridized carbons (Fsp3) is 0.250. The fourth-order valence-electron chi connectivity index (χ4n) is 3.07. The van der Waals surface area contributed by atoms with Crippen molar-refractivity contribution in [3.05, 3.63) is 40.5 Å². The molecule has 14 heteroatoms. The number of hydrogen-bond acceptors (Lipinski definition) is 1. The number of aromatic amines is 1. The summed E-state index contributed by atoms with van der Waals surface area (Å²) in [4.78, 5) is 1.69. The number of phenols is 1. The molecule has 0 amide bonds. The number of benzene rings is 2. The van der Waals surface area contributed by atoms with Crippen LogP contribution >= 0.6 is 0 Å². The Morgan fingerprint density at radius 1 is 0.600 bits per heavy atom. The number of fused-ring (bicyclic) bond motifs is 3. The lowest BCUT2D eigenvalue weighted by Gasteiger charge is -2.18. The van der Waals surface area contributed by atoms with Gasteiger partial charge in [-0.1, -0.05) is 0 Å². The van der Waals surface area contributed by atoms with Gasteiger partial charge in [-0.25, -0.2) is 0 Å². The molecule has 0 atom stereocenters. The van der Waals surface area contributed by atoms with E-state index in [4.69, 9.17) is 0 Å². The van der Waals surface area contributed by atoms with Crippen LogP contribution in [0.15, 0.2) is 18.2 Å². The van der Waals surface area contributed by atoms with Crippen molar-refractivity contribution in [1.29, 1.82) is 0 Å². The van der Waals surface area contributed by atoms with Crippen LogP contribution in [0.25, 0.3) is 21.8 Å². The highest BCUT2D eigenvalue weighted by molar-refractivity contribution is 6.12. The second kappa shape index (κ2) is 6.11. The lowest BCUT2D eigenvalue weighted by molar-refractivity contribution is -0.161. The average Bonchev–Trinajstić information content (AvgIpc) is 2.89. The van der Waals surface area contributed by atoms with Crippen LogP contribution in [-0.4, -0.2) is 10.1 Å². The molecule has 0 fully saturated rings. The molecule has 0 unspecified atom stereocenters. The summed E-state index contributed by atoms with van der Waals surface area (Å²) in [5, 5.41) is 6.63. The number of nitrogens with one attached hydrogen (secondary N) is 1. The number of hydrogen-bond donors (Lipinski definition) is 2. The van der Waals surface area contributed by atoms with Crippen LogP contribution in [0.3, 0.4) is 0 Å². The van der Waals surface area contributed by atoms with Gasteiger partial charge in [-0.3, -0.25) is 0 Å². The number of alkyl halides is 12. The first-order chi connectivity index (χ1) is 13.3. The standard InChI is InChI=1S/C16H5F12NO/c17-13(18,19)4-1-5-9-10(16(26,27)28)6(14(20,21)22)3-8(30)12(9)29-11(5)7(2-4)15(23,24)25/h1-3,29-30H. The van der Waals surface area contributed by atoms with E-state index < -0.39 is 80.6 Å². The van der Waals surface area contributed by atoms with Gasteiger partial charge in [-0.05, 0) is 18.2 Å². The highest BCUT2D eigenvalue weighted by Gasteiger charge is 2.47. The van der Waals surface area contributed by atoms with Gasteiger partial charge < -0.3 is 10.1 Å². The van der Waals surface area contributed by atoms with Gasteiger partial charge in [-0.2, -0.15) is 52.7 Å². The molecule has 0 saturated heterocycles. The topological polar surface area (TPSA) is 36.0 Å². The van der Waals surface area contributed by atoms with Gasteiger partial charge in [0.2, 0.25) is 0 Å². The zero-order valence-electron chi connectivity index (χ0n) is 13.7. The largest absolute Gasteiger partial charge is 0.506 e. The number of rotatable bonds is 0. The van der Waals surface area contributed by atoms with E-state index in [1.165, 1.54) is 0 Å². The number of phenolic OH excluding ortho intramolecular Hbond substituents is 1. The molecule has 2 nitrogen and oxygen atoms in total. The molecule has 0 aliphatic carbocycles. The molecule has 164 valence electrons. The number of halogens is 12. The van der Waals surface area contributed by atoms with E-state index in [9.17, 15) is 57.8 Å². The van der Waals surface area contributed by atoms with Crippen LogP contribution in [0, 0.1) is 0 Å². The van der Waals surface area contributed by atoms with Crippen LogP contribution < -0.4 is 0 Å². The summed E-state index contributed by atoms with van der Waals surface area (Å²) in [6.07, 6.45) is -22.5. The van der Waals surface area contributed by atoms with Crippen LogP contribution in [0.4, 0.5) is 52.7 Å². The van der Waals surface area contributed by atoms with E-state index in [0.717, 1.165) is 0 Å². The first-order valence-electron chi connectivity index (χ1n) is 7.47. The Labute approximate surface area is 156 Å². The Balaban J connectivity index is 2.69. The Morgan fingerprint density at radius 2 is 1.13 bits per heavy atom. The average molecular weight is 455 g/mol. The smallest absolute Gasteiger partial charge is 0.418 e. The molecule has 1 aromatic heterocycles. The van der Waals surface area contributed by atoms with Crippen molar-refractivity contribution in [2.45, 2.75) is 24.7 Å². The Hall–Kier alpha value is -2.80. The van der Waals surface area contributed by atoms with E-state index in [1.54, 1.807) is 4.98 Å². The minimum atomic E-state index is -5.83. The molecule has 0 radical (unpaired) electrons. The van der Waals surface area contributed by atoms with Crippen LogP contribution in [-0.2, 0) is 24.7 Å². The Morgan fingerprint density at radius 3 is 1.57 bits per heavy atom. The molecule has 2 N–H and O–H groups in total. The maximum Gasteiger partial charge on any atom is 0.418 e. The Bertz CT molecular complexity index is 1140. The third-order valence-corrected chi connectivity index (χ3v) is 4.19. The van der Waals surface area contributed by atoms with Gasteiger partial charge >= 0.3 is 24.7 Å². The van der Waals surface area contributed by atoms with Crippen LogP contribution in [0.1, 0.15) is 22.3 Å². The second-order valence-corrected chi connectivity index (χ2v) is 6.13. The highest BCUT2D eigenvalue weighted by Crippen LogP contribution is 2.50. The number of aromatic nitrogens is 1. The van der Waals surface area contributed by atoms with E-state index in [-0.39, 0.29) is 12.1 Å². The van der Waals surface area contributed by atoms with Crippen LogP contribution in [0.2, 0.25) is 0 Å². The third kappa shape index (κ3) is 3.47. The normalized spacial score (nSPS) is 14.1. The number of aromatic hydroxyl groups is 1. The van der Waals surface area contributed by atoms with Crippen molar-refractivity contribution in [1.82, 2.24) is 4.98 Å². The van der Waals surface area contributed by atoms with Crippen LogP contribution in [0.5, 0.6) is 5.75 Å². The van der Waals surface area contributed by atoms with Crippen molar-refractivity contribution in [3.63, 3.8) is 0 Å². The quantitative estimate of drug-likeness (QED) is 0.349. The van der Waals surface area contributed by atoms with Gasteiger partial charge in [0.1, 0.15) is 5.75 Å². The van der Waals surface area contributed by atoms with Gasteiger partial charge in [0, 0.05) is 10.8 Å². The fourth-order valence-corrected chi connectivity index (χ4v) is 3.07. The van der Waals surface area contributed by atoms with Gasteiger partial charge in [0.25, 0.3) is 0 Å². The van der Waals surface area contributed by atoms with Gasteiger partial charge in [0.05, 0.1) is 33.3 Å². The van der Waals surface area contributed by atoms with Gasteiger partial charge in [-0.15, -0.1) is 0 Å². The van der Waals surface area contributed by atoms with Crippen molar-refractivity contribution in [3.8, 4) is 5.75 Å². The van der Waals surface area contributed by atoms with Gasteiger partial charge in [0.15, 0.2) is 0 Å². The predicted octanol–water partition coefficient (Wildman–Crippen LogP) is 7.10. The first kappa shape index (κ1) is 21.9. The van der Waals surface area contributed by atoms with E-state index >= 15 is 0 Å². The summed E-state index contributed by atoms with van der Waals surface area (Å²) in [6, 6.07) is -0.899. The summed E-state index contributed by atoms with van der Waals surface area (Å²) in [7, 11) is 0. The summed E-state index contributed by atoms with van der Waals surface area (Å²) in [5.41, 5.74) is -11.7. The molecular formula is C16H5F12NO. The zero-order valence-corrected chi connectivity index (χ0v) is 13.7. The molecule has 0 spiro atoms. The minimum Gasteiger partial charge on any atom is -0.506 e. The molecule has 1 heterocycles. The van der Waals surface area contributed by atoms with Crippen molar-refractivity contribution < 1.29 is 57.8 Å². The second-order valence-electron chi connectivity index (χ2n) is 6.13. The molecular weight excluding hydrogens is 450 g/mol. The SMILES string of the molecule is Oc1cc(C(F)(F)F)c(C(F)(F)F)c2c1[nH]c1c(C(F)(F)F)cc(C(F)(F)F)cc12. The molecule has 2 aromatic carbocycles. The summed E-state index contributed by atoms with van der Waals surface area (Å²) >= 11 is 0. The van der Waals surface area contributed by atoms with E-state index in [1.807, 2.05) is 0 Å².